The quantitative estimate of drug-likeness (QED) is 0.406. The van der Waals surface area contributed by atoms with Crippen LogP contribution in [0.25, 0.3) is 11.0 Å². The van der Waals surface area contributed by atoms with Crippen molar-refractivity contribution in [2.75, 3.05) is 21.3 Å². The highest BCUT2D eigenvalue weighted by molar-refractivity contribution is 5.84. The van der Waals surface area contributed by atoms with Crippen LogP contribution in [-0.2, 0) is 13.2 Å². The van der Waals surface area contributed by atoms with E-state index in [1.54, 1.807) is 24.3 Å². The maximum atomic E-state index is 13.1. The van der Waals surface area contributed by atoms with Crippen molar-refractivity contribution < 1.29 is 23.4 Å². The van der Waals surface area contributed by atoms with Crippen LogP contribution in [0, 0.1) is 0 Å². The molecule has 0 radical (unpaired) electrons. The fraction of sp³-hybridized carbons (Fsp3) is 0.200. The number of hydrogen-bond acceptors (Lipinski definition) is 7. The maximum absolute atomic E-state index is 13.1. The predicted octanol–water partition coefficient (Wildman–Crippen LogP) is 3.61. The van der Waals surface area contributed by atoms with Crippen molar-refractivity contribution in [3.8, 4) is 23.0 Å². The Kier molecular flexibility index (Phi) is 6.35. The standard InChI is InChI=1S/C25H23NO7/c1-29-18-12-21(31-3)23-22(13-18)33-25(28)26(24(23)27)14-17-9-10-19(20(11-17)30-2)32-15-16-7-5-4-6-8-16/h4-13H,14-15H2,1-3H3. The number of rotatable bonds is 8. The molecule has 0 saturated heterocycles. The summed E-state index contributed by atoms with van der Waals surface area (Å²) in [5.74, 6) is 0.927. The Morgan fingerprint density at radius 2 is 1.55 bits per heavy atom. The molecule has 0 bridgehead atoms. The molecule has 33 heavy (non-hydrogen) atoms. The number of hydrogen-bond donors (Lipinski definition) is 0. The number of ether oxygens (including phenoxy) is 4. The van der Waals surface area contributed by atoms with E-state index in [0.29, 0.717) is 29.4 Å². The molecule has 0 spiro atoms. The van der Waals surface area contributed by atoms with Gasteiger partial charge in [-0.3, -0.25) is 4.79 Å². The summed E-state index contributed by atoms with van der Waals surface area (Å²) < 4.78 is 28.2. The van der Waals surface area contributed by atoms with Gasteiger partial charge in [-0.2, -0.15) is 0 Å². The molecular weight excluding hydrogens is 426 g/mol. The molecule has 1 aromatic heterocycles. The van der Waals surface area contributed by atoms with E-state index in [-0.39, 0.29) is 23.3 Å². The normalized spacial score (nSPS) is 10.8. The molecule has 0 atom stereocenters. The van der Waals surface area contributed by atoms with Crippen LogP contribution >= 0.6 is 0 Å². The lowest BCUT2D eigenvalue weighted by Gasteiger charge is -2.13. The summed E-state index contributed by atoms with van der Waals surface area (Å²) in [5, 5.41) is 0.160. The van der Waals surface area contributed by atoms with Crippen LogP contribution in [0.4, 0.5) is 0 Å². The number of aromatic nitrogens is 1. The lowest BCUT2D eigenvalue weighted by Crippen LogP contribution is -2.33. The summed E-state index contributed by atoms with van der Waals surface area (Å²) in [7, 11) is 4.44. The molecule has 8 nitrogen and oxygen atoms in total. The zero-order chi connectivity index (χ0) is 23.4. The second-order valence-corrected chi connectivity index (χ2v) is 7.22. The van der Waals surface area contributed by atoms with Gasteiger partial charge < -0.3 is 23.4 Å². The van der Waals surface area contributed by atoms with Crippen LogP contribution in [0.1, 0.15) is 11.1 Å². The fourth-order valence-electron chi connectivity index (χ4n) is 3.49. The SMILES string of the molecule is COc1cc(OC)c2c(=O)n(Cc3ccc(OCc4ccccc4)c(OC)c3)c(=O)oc2c1. The Morgan fingerprint density at radius 1 is 0.788 bits per heavy atom. The third-order valence-electron chi connectivity index (χ3n) is 5.18. The van der Waals surface area contributed by atoms with E-state index in [4.69, 9.17) is 23.4 Å². The smallest absolute Gasteiger partial charge is 0.422 e. The molecule has 0 aliphatic rings. The Morgan fingerprint density at radius 3 is 2.24 bits per heavy atom. The minimum absolute atomic E-state index is 0.0123. The molecule has 3 aromatic carbocycles. The van der Waals surface area contributed by atoms with Crippen LogP contribution in [0.2, 0.25) is 0 Å². The Balaban J connectivity index is 1.66. The average molecular weight is 449 g/mol. The zero-order valence-corrected chi connectivity index (χ0v) is 18.5. The van der Waals surface area contributed by atoms with Gasteiger partial charge in [-0.05, 0) is 23.3 Å². The number of fused-ring (bicyclic) bond motifs is 1. The topological polar surface area (TPSA) is 89.1 Å². The number of benzene rings is 3. The summed E-state index contributed by atoms with van der Waals surface area (Å²) in [4.78, 5) is 25.7. The average Bonchev–Trinajstić information content (AvgIpc) is 2.85. The van der Waals surface area contributed by atoms with E-state index in [0.717, 1.165) is 10.1 Å². The minimum Gasteiger partial charge on any atom is -0.496 e. The highest BCUT2D eigenvalue weighted by Gasteiger charge is 2.17. The van der Waals surface area contributed by atoms with Gasteiger partial charge in [0.05, 0.1) is 27.9 Å². The first kappa shape index (κ1) is 22.0. The maximum Gasteiger partial charge on any atom is 0.422 e. The van der Waals surface area contributed by atoms with Gasteiger partial charge in [-0.15, -0.1) is 0 Å². The molecule has 170 valence electrons. The predicted molar refractivity (Wildman–Crippen MR) is 123 cm³/mol. The molecule has 4 aromatic rings. The van der Waals surface area contributed by atoms with Gasteiger partial charge in [-0.25, -0.2) is 9.36 Å². The summed E-state index contributed by atoms with van der Waals surface area (Å²) in [6, 6.07) is 18.0. The largest absolute Gasteiger partial charge is 0.496 e. The van der Waals surface area contributed by atoms with Crippen LogP contribution < -0.4 is 30.3 Å². The Bertz CT molecular complexity index is 1390. The summed E-state index contributed by atoms with van der Waals surface area (Å²) >= 11 is 0. The van der Waals surface area contributed by atoms with Crippen LogP contribution in [0.3, 0.4) is 0 Å². The van der Waals surface area contributed by atoms with Gasteiger partial charge in [0, 0.05) is 12.1 Å². The zero-order valence-electron chi connectivity index (χ0n) is 18.5. The third kappa shape index (κ3) is 4.55. The van der Waals surface area contributed by atoms with Crippen molar-refractivity contribution in [1.82, 2.24) is 4.57 Å². The molecule has 4 rings (SSSR count). The highest BCUT2D eigenvalue weighted by atomic mass is 16.5. The Hall–Kier alpha value is -4.20. The third-order valence-corrected chi connectivity index (χ3v) is 5.18. The number of methoxy groups -OCH3 is 3. The molecule has 0 N–H and O–H groups in total. The first-order valence-corrected chi connectivity index (χ1v) is 10.2. The highest BCUT2D eigenvalue weighted by Crippen LogP contribution is 2.30. The first-order valence-electron chi connectivity index (χ1n) is 10.2. The van der Waals surface area contributed by atoms with Crippen molar-refractivity contribution in [1.29, 1.82) is 0 Å². The minimum atomic E-state index is -0.786. The summed E-state index contributed by atoms with van der Waals surface area (Å²) in [6.07, 6.45) is 0. The van der Waals surface area contributed by atoms with E-state index in [2.05, 4.69) is 0 Å². The van der Waals surface area contributed by atoms with Crippen LogP contribution in [-0.4, -0.2) is 25.9 Å². The van der Waals surface area contributed by atoms with E-state index in [1.807, 2.05) is 30.3 Å². The molecule has 1 heterocycles. The fourth-order valence-corrected chi connectivity index (χ4v) is 3.49. The second kappa shape index (κ2) is 9.52. The number of nitrogens with zero attached hydrogens (tertiary/aromatic N) is 1. The van der Waals surface area contributed by atoms with Gasteiger partial charge in [-0.1, -0.05) is 36.4 Å². The van der Waals surface area contributed by atoms with E-state index < -0.39 is 11.3 Å². The molecule has 0 fully saturated rings. The Labute approximate surface area is 189 Å². The monoisotopic (exact) mass is 449 g/mol. The first-order chi connectivity index (χ1) is 16.0. The van der Waals surface area contributed by atoms with Crippen LogP contribution in [0.5, 0.6) is 23.0 Å². The van der Waals surface area contributed by atoms with E-state index >= 15 is 0 Å². The molecule has 0 aliphatic carbocycles. The van der Waals surface area contributed by atoms with Crippen molar-refractivity contribution in [3.05, 3.63) is 92.7 Å². The van der Waals surface area contributed by atoms with Gasteiger partial charge in [0.2, 0.25) is 0 Å². The second-order valence-electron chi connectivity index (χ2n) is 7.22. The molecule has 0 aliphatic heterocycles. The molecular formula is C25H23NO7. The lowest BCUT2D eigenvalue weighted by atomic mass is 10.2. The van der Waals surface area contributed by atoms with Gasteiger partial charge in [0.1, 0.15) is 23.5 Å². The van der Waals surface area contributed by atoms with E-state index in [1.165, 1.54) is 27.4 Å². The molecule has 0 saturated carbocycles. The van der Waals surface area contributed by atoms with Crippen molar-refractivity contribution >= 4 is 11.0 Å². The van der Waals surface area contributed by atoms with E-state index in [9.17, 15) is 9.59 Å². The summed E-state index contributed by atoms with van der Waals surface area (Å²) in [5.41, 5.74) is 1.26. The molecule has 8 heteroatoms. The van der Waals surface area contributed by atoms with Crippen molar-refractivity contribution in [2.24, 2.45) is 0 Å². The summed E-state index contributed by atoms with van der Waals surface area (Å²) in [6.45, 7) is 0.370. The van der Waals surface area contributed by atoms with Crippen LogP contribution in [0.15, 0.2) is 74.7 Å². The lowest BCUT2D eigenvalue weighted by molar-refractivity contribution is 0.284. The van der Waals surface area contributed by atoms with Crippen molar-refractivity contribution in [3.63, 3.8) is 0 Å². The molecule has 0 amide bonds. The molecule has 0 unspecified atom stereocenters. The van der Waals surface area contributed by atoms with Gasteiger partial charge in [0.25, 0.3) is 5.56 Å². The van der Waals surface area contributed by atoms with Gasteiger partial charge in [0.15, 0.2) is 17.1 Å². The van der Waals surface area contributed by atoms with Gasteiger partial charge >= 0.3 is 5.76 Å². The van der Waals surface area contributed by atoms with Crippen molar-refractivity contribution in [2.45, 2.75) is 13.2 Å².